The minimum absolute atomic E-state index is 0.623. The second kappa shape index (κ2) is 12.7. The van der Waals surface area contributed by atoms with Crippen LogP contribution in [0.2, 0.25) is 0 Å². The Morgan fingerprint density at radius 3 is 1.58 bits per heavy atom. The molecule has 0 atom stereocenters. The maximum Gasteiger partial charge on any atom is 0.227 e. The highest BCUT2D eigenvalue weighted by Gasteiger charge is 2.17. The molecule has 236 valence electrons. The largest absolute Gasteiger partial charge is 0.435 e. The van der Waals surface area contributed by atoms with E-state index in [2.05, 4.69) is 193 Å². The van der Waals surface area contributed by atoms with Gasteiger partial charge in [-0.15, -0.1) is 0 Å². The highest BCUT2D eigenvalue weighted by Crippen LogP contribution is 2.40. The van der Waals surface area contributed by atoms with Gasteiger partial charge in [-0.2, -0.15) is 0 Å². The van der Waals surface area contributed by atoms with Gasteiger partial charge in [-0.25, -0.2) is 4.98 Å². The summed E-state index contributed by atoms with van der Waals surface area (Å²) in [6, 6.07) is 68.2. The lowest BCUT2D eigenvalue weighted by Crippen LogP contribution is -2.10. The predicted octanol–water partition coefficient (Wildman–Crippen LogP) is 13.1. The van der Waals surface area contributed by atoms with Crippen molar-refractivity contribution < 1.29 is 4.42 Å². The number of rotatable bonds is 7. The Morgan fingerprint density at radius 1 is 0.360 bits per heavy atom. The van der Waals surface area contributed by atoms with Crippen LogP contribution < -0.4 is 4.90 Å². The summed E-state index contributed by atoms with van der Waals surface area (Å²) in [4.78, 5) is 7.22. The van der Waals surface area contributed by atoms with Gasteiger partial charge in [0.05, 0.1) is 0 Å². The maximum atomic E-state index is 6.49. The molecule has 1 heterocycles. The Morgan fingerprint density at radius 2 is 0.920 bits per heavy atom. The maximum absolute atomic E-state index is 6.49. The summed E-state index contributed by atoms with van der Waals surface area (Å²) >= 11 is 0. The smallest absolute Gasteiger partial charge is 0.227 e. The molecule has 0 N–H and O–H groups in total. The van der Waals surface area contributed by atoms with Crippen LogP contribution in [0.1, 0.15) is 0 Å². The van der Waals surface area contributed by atoms with Crippen molar-refractivity contribution in [3.05, 3.63) is 194 Å². The molecule has 9 aromatic rings. The summed E-state index contributed by atoms with van der Waals surface area (Å²) in [7, 11) is 0. The fraction of sp³-hybridized carbons (Fsp3) is 0. The molecule has 0 aliphatic carbocycles. The Bertz CT molecular complexity index is 2510. The van der Waals surface area contributed by atoms with Crippen LogP contribution in [0, 0.1) is 0 Å². The average molecular weight is 641 g/mol. The summed E-state index contributed by atoms with van der Waals surface area (Å²) < 4.78 is 6.49. The van der Waals surface area contributed by atoms with E-state index in [0.29, 0.717) is 5.89 Å². The van der Waals surface area contributed by atoms with Gasteiger partial charge in [0.1, 0.15) is 5.52 Å². The number of nitrogens with zero attached hydrogens (tertiary/aromatic N) is 2. The first-order chi connectivity index (χ1) is 24.8. The summed E-state index contributed by atoms with van der Waals surface area (Å²) in [5, 5.41) is 2.36. The SMILES string of the molecule is c1ccc(-c2cccc(N(c3ccc(-c4cccc5nc(-c6ccc7ccccc7c6)oc45)cc3)c3cccc(-c4ccccc4)c3)c2)cc1. The van der Waals surface area contributed by atoms with Crippen LogP contribution in [0.5, 0.6) is 0 Å². The number of aromatic nitrogens is 1. The zero-order chi connectivity index (χ0) is 33.3. The minimum atomic E-state index is 0.623. The molecular formula is C47H32N2O. The van der Waals surface area contributed by atoms with E-state index in [-0.39, 0.29) is 0 Å². The van der Waals surface area contributed by atoms with E-state index in [1.807, 2.05) is 6.07 Å². The van der Waals surface area contributed by atoms with Gasteiger partial charge in [0, 0.05) is 28.2 Å². The molecular weight excluding hydrogens is 609 g/mol. The molecule has 0 amide bonds. The predicted molar refractivity (Wildman–Crippen MR) is 208 cm³/mol. The van der Waals surface area contributed by atoms with Crippen molar-refractivity contribution in [1.82, 2.24) is 4.98 Å². The number of anilines is 3. The van der Waals surface area contributed by atoms with Crippen molar-refractivity contribution >= 4 is 38.9 Å². The van der Waals surface area contributed by atoms with Crippen LogP contribution in [-0.2, 0) is 0 Å². The molecule has 9 rings (SSSR count). The van der Waals surface area contributed by atoms with Crippen molar-refractivity contribution in [3.63, 3.8) is 0 Å². The standard InChI is InChI=1S/C47H32N2O/c1-3-12-33(13-4-1)38-18-9-20-42(31-38)49(43-21-10-19-39(32-43)34-14-5-2-6-15-34)41-28-26-36(27-29-41)44-22-11-23-45-46(44)50-47(48-45)40-25-24-35-16-7-8-17-37(35)30-40/h1-32H. The van der Waals surface area contributed by atoms with E-state index in [1.54, 1.807) is 0 Å². The number of oxazole rings is 1. The molecule has 0 unspecified atom stereocenters. The van der Waals surface area contributed by atoms with E-state index in [9.17, 15) is 0 Å². The van der Waals surface area contributed by atoms with Gasteiger partial charge in [-0.05, 0) is 93.2 Å². The average Bonchev–Trinajstić information content (AvgIpc) is 3.64. The molecule has 0 spiro atoms. The highest BCUT2D eigenvalue weighted by atomic mass is 16.3. The Kier molecular flexibility index (Phi) is 7.49. The van der Waals surface area contributed by atoms with Crippen LogP contribution in [0.25, 0.3) is 66.7 Å². The molecule has 0 saturated heterocycles. The number of para-hydroxylation sites is 1. The summed E-state index contributed by atoms with van der Waals surface area (Å²) in [5.41, 5.74) is 12.6. The van der Waals surface area contributed by atoms with E-state index >= 15 is 0 Å². The van der Waals surface area contributed by atoms with Gasteiger partial charge in [0.25, 0.3) is 0 Å². The van der Waals surface area contributed by atoms with Crippen LogP contribution in [0.4, 0.5) is 17.1 Å². The monoisotopic (exact) mass is 640 g/mol. The molecule has 8 aromatic carbocycles. The number of benzene rings is 8. The zero-order valence-corrected chi connectivity index (χ0v) is 27.3. The van der Waals surface area contributed by atoms with Crippen LogP contribution in [0.15, 0.2) is 199 Å². The van der Waals surface area contributed by atoms with Crippen molar-refractivity contribution in [3.8, 4) is 44.8 Å². The fourth-order valence-corrected chi connectivity index (χ4v) is 6.77. The lowest BCUT2D eigenvalue weighted by Gasteiger charge is -2.27. The summed E-state index contributed by atoms with van der Waals surface area (Å²) in [5.74, 6) is 0.623. The molecule has 0 saturated carbocycles. The number of hydrogen-bond donors (Lipinski definition) is 0. The molecule has 3 nitrogen and oxygen atoms in total. The number of hydrogen-bond acceptors (Lipinski definition) is 3. The van der Waals surface area contributed by atoms with Crippen LogP contribution in [-0.4, -0.2) is 4.98 Å². The first kappa shape index (κ1) is 29.4. The first-order valence-electron chi connectivity index (χ1n) is 16.9. The third-order valence-corrected chi connectivity index (χ3v) is 9.27. The van der Waals surface area contributed by atoms with Gasteiger partial charge >= 0.3 is 0 Å². The van der Waals surface area contributed by atoms with Gasteiger partial charge in [-0.3, -0.25) is 0 Å². The second-order valence-corrected chi connectivity index (χ2v) is 12.4. The van der Waals surface area contributed by atoms with E-state index < -0.39 is 0 Å². The van der Waals surface area contributed by atoms with E-state index in [4.69, 9.17) is 9.40 Å². The van der Waals surface area contributed by atoms with Gasteiger partial charge in [0.2, 0.25) is 5.89 Å². The molecule has 0 fully saturated rings. The third-order valence-electron chi connectivity index (χ3n) is 9.27. The molecule has 0 bridgehead atoms. The molecule has 1 aromatic heterocycles. The molecule has 0 aliphatic heterocycles. The normalized spacial score (nSPS) is 11.2. The third kappa shape index (κ3) is 5.61. The Labute approximate surface area is 291 Å². The lowest BCUT2D eigenvalue weighted by atomic mass is 10.0. The lowest BCUT2D eigenvalue weighted by molar-refractivity contribution is 0.621. The van der Waals surface area contributed by atoms with Crippen molar-refractivity contribution in [2.24, 2.45) is 0 Å². The van der Waals surface area contributed by atoms with Crippen LogP contribution >= 0.6 is 0 Å². The minimum Gasteiger partial charge on any atom is -0.435 e. The molecule has 0 aliphatic rings. The Balaban J connectivity index is 1.12. The fourth-order valence-electron chi connectivity index (χ4n) is 6.77. The molecule has 50 heavy (non-hydrogen) atoms. The van der Waals surface area contributed by atoms with Gasteiger partial charge in [-0.1, -0.05) is 140 Å². The highest BCUT2D eigenvalue weighted by molar-refractivity contribution is 5.93. The first-order valence-corrected chi connectivity index (χ1v) is 16.9. The second-order valence-electron chi connectivity index (χ2n) is 12.4. The summed E-state index contributed by atoms with van der Waals surface area (Å²) in [6.45, 7) is 0. The molecule has 0 radical (unpaired) electrons. The topological polar surface area (TPSA) is 29.3 Å². The van der Waals surface area contributed by atoms with Crippen molar-refractivity contribution in [1.29, 1.82) is 0 Å². The van der Waals surface area contributed by atoms with Crippen molar-refractivity contribution in [2.75, 3.05) is 4.90 Å². The summed E-state index contributed by atoms with van der Waals surface area (Å²) in [6.07, 6.45) is 0. The van der Waals surface area contributed by atoms with Crippen molar-refractivity contribution in [2.45, 2.75) is 0 Å². The van der Waals surface area contributed by atoms with Gasteiger partial charge in [0.15, 0.2) is 5.58 Å². The van der Waals surface area contributed by atoms with E-state index in [1.165, 1.54) is 27.6 Å². The zero-order valence-electron chi connectivity index (χ0n) is 27.3. The quantitative estimate of drug-likeness (QED) is 0.174. The van der Waals surface area contributed by atoms with Crippen LogP contribution in [0.3, 0.4) is 0 Å². The Hall–Kier alpha value is -6.71. The van der Waals surface area contributed by atoms with E-state index in [0.717, 1.165) is 50.2 Å². The number of fused-ring (bicyclic) bond motifs is 2. The molecule has 3 heteroatoms. The van der Waals surface area contributed by atoms with Gasteiger partial charge < -0.3 is 9.32 Å².